The third-order valence-corrected chi connectivity index (χ3v) is 3.81. The second-order valence-corrected chi connectivity index (χ2v) is 5.47. The molecule has 0 atom stereocenters. The fourth-order valence-corrected chi connectivity index (χ4v) is 2.66. The van der Waals surface area contributed by atoms with Crippen LogP contribution in [0.2, 0.25) is 10.0 Å². The fraction of sp³-hybridized carbons (Fsp3) is 0.167. The van der Waals surface area contributed by atoms with Gasteiger partial charge in [0.05, 0.1) is 5.69 Å². The van der Waals surface area contributed by atoms with E-state index in [9.17, 15) is 4.79 Å². The van der Waals surface area contributed by atoms with Gasteiger partial charge in [0.25, 0.3) is 0 Å². The highest BCUT2D eigenvalue weighted by atomic mass is 35.5. The van der Waals surface area contributed by atoms with E-state index in [1.165, 1.54) is 11.3 Å². The van der Waals surface area contributed by atoms with Crippen LogP contribution in [0.25, 0.3) is 0 Å². The molecule has 0 aliphatic rings. The molecule has 2 rings (SSSR count). The lowest BCUT2D eigenvalue weighted by molar-refractivity contribution is -0.117. The van der Waals surface area contributed by atoms with Crippen LogP contribution in [0.15, 0.2) is 23.6 Å². The average molecular weight is 301 g/mol. The third kappa shape index (κ3) is 3.22. The number of nitrogens with two attached hydrogens (primary N) is 1. The average Bonchev–Trinajstić information content (AvgIpc) is 2.69. The number of hydrogen-bond acceptors (Lipinski definition) is 4. The van der Waals surface area contributed by atoms with E-state index in [2.05, 4.69) is 4.98 Å². The SMILES string of the molecule is Nc1nc(CC(=O)Cc2c(Cl)cccc2Cl)cs1. The van der Waals surface area contributed by atoms with Crippen LogP contribution >= 0.6 is 34.5 Å². The number of thiazole rings is 1. The summed E-state index contributed by atoms with van der Waals surface area (Å²) in [5.74, 6) is 0.00954. The molecule has 1 aromatic heterocycles. The zero-order chi connectivity index (χ0) is 13.1. The van der Waals surface area contributed by atoms with Gasteiger partial charge in [0.15, 0.2) is 5.13 Å². The van der Waals surface area contributed by atoms with Gasteiger partial charge in [-0.15, -0.1) is 11.3 Å². The maximum Gasteiger partial charge on any atom is 0.180 e. The number of halogens is 2. The molecule has 0 amide bonds. The number of carbonyl (C=O) groups excluding carboxylic acids is 1. The maximum absolute atomic E-state index is 11.9. The number of carbonyl (C=O) groups is 1. The van der Waals surface area contributed by atoms with Crippen molar-refractivity contribution in [1.82, 2.24) is 4.98 Å². The normalized spacial score (nSPS) is 10.6. The molecule has 0 aliphatic carbocycles. The number of anilines is 1. The number of hydrogen-bond donors (Lipinski definition) is 1. The molecule has 3 nitrogen and oxygen atoms in total. The van der Waals surface area contributed by atoms with Crippen LogP contribution in [-0.4, -0.2) is 10.8 Å². The Labute approximate surface area is 119 Å². The van der Waals surface area contributed by atoms with Crippen molar-refractivity contribution in [3.05, 3.63) is 44.9 Å². The predicted molar refractivity (Wildman–Crippen MR) is 75.4 cm³/mol. The highest BCUT2D eigenvalue weighted by molar-refractivity contribution is 7.13. The van der Waals surface area contributed by atoms with Gasteiger partial charge >= 0.3 is 0 Å². The summed E-state index contributed by atoms with van der Waals surface area (Å²) in [6.45, 7) is 0. The van der Waals surface area contributed by atoms with E-state index in [0.717, 1.165) is 0 Å². The van der Waals surface area contributed by atoms with Gasteiger partial charge in [-0.3, -0.25) is 4.79 Å². The van der Waals surface area contributed by atoms with E-state index in [0.29, 0.717) is 26.4 Å². The number of rotatable bonds is 4. The molecule has 0 unspecified atom stereocenters. The Morgan fingerprint density at radius 3 is 2.50 bits per heavy atom. The molecule has 2 aromatic rings. The van der Waals surface area contributed by atoms with Gasteiger partial charge in [0.2, 0.25) is 0 Å². The molecule has 1 aromatic carbocycles. The molecular formula is C12H10Cl2N2OS. The maximum atomic E-state index is 11.9. The standard InChI is InChI=1S/C12H10Cl2N2OS/c13-10-2-1-3-11(14)9(10)5-8(17)4-7-6-18-12(15)16-7/h1-3,6H,4-5H2,(H2,15,16). The number of benzene rings is 1. The van der Waals surface area contributed by atoms with Gasteiger partial charge in [-0.25, -0.2) is 4.98 Å². The first kappa shape index (κ1) is 13.3. The fourth-order valence-electron chi connectivity index (χ4n) is 1.57. The van der Waals surface area contributed by atoms with Gasteiger partial charge in [-0.1, -0.05) is 29.3 Å². The largest absolute Gasteiger partial charge is 0.375 e. The monoisotopic (exact) mass is 300 g/mol. The van der Waals surface area contributed by atoms with E-state index in [4.69, 9.17) is 28.9 Å². The zero-order valence-corrected chi connectivity index (χ0v) is 11.6. The Balaban J connectivity index is 2.08. The lowest BCUT2D eigenvalue weighted by Gasteiger charge is -2.05. The summed E-state index contributed by atoms with van der Waals surface area (Å²) in [5.41, 5.74) is 6.86. The van der Waals surface area contributed by atoms with Gasteiger partial charge in [-0.05, 0) is 17.7 Å². The van der Waals surface area contributed by atoms with Crippen molar-refractivity contribution in [2.24, 2.45) is 0 Å². The number of nitrogens with zero attached hydrogens (tertiary/aromatic N) is 1. The molecule has 0 fully saturated rings. The number of nitrogen functional groups attached to an aromatic ring is 1. The molecule has 0 aliphatic heterocycles. The highest BCUT2D eigenvalue weighted by Crippen LogP contribution is 2.25. The molecule has 1 heterocycles. The second kappa shape index (κ2) is 5.69. The quantitative estimate of drug-likeness (QED) is 0.941. The molecule has 18 heavy (non-hydrogen) atoms. The molecule has 0 radical (unpaired) electrons. The van der Waals surface area contributed by atoms with Gasteiger partial charge < -0.3 is 5.73 Å². The number of Topliss-reactive ketones (excluding diaryl/α,β-unsaturated/α-hetero) is 1. The summed E-state index contributed by atoms with van der Waals surface area (Å²) in [5, 5.41) is 3.26. The van der Waals surface area contributed by atoms with E-state index in [1.54, 1.807) is 23.6 Å². The molecule has 0 saturated heterocycles. The van der Waals surface area contributed by atoms with Crippen LogP contribution in [0.3, 0.4) is 0 Å². The van der Waals surface area contributed by atoms with E-state index >= 15 is 0 Å². The van der Waals surface area contributed by atoms with Crippen LogP contribution in [0.1, 0.15) is 11.3 Å². The van der Waals surface area contributed by atoms with Crippen LogP contribution in [-0.2, 0) is 17.6 Å². The van der Waals surface area contributed by atoms with Crippen molar-refractivity contribution in [2.75, 3.05) is 5.73 Å². The van der Waals surface area contributed by atoms with Crippen molar-refractivity contribution < 1.29 is 4.79 Å². The molecular weight excluding hydrogens is 291 g/mol. The Bertz CT molecular complexity index is 563. The smallest absolute Gasteiger partial charge is 0.180 e. The topological polar surface area (TPSA) is 56.0 Å². The molecule has 94 valence electrons. The second-order valence-electron chi connectivity index (χ2n) is 3.77. The predicted octanol–water partition coefficient (Wildman–Crippen LogP) is 3.39. The minimum atomic E-state index is 0.00954. The number of aromatic nitrogens is 1. The zero-order valence-electron chi connectivity index (χ0n) is 9.32. The molecule has 0 bridgehead atoms. The van der Waals surface area contributed by atoms with E-state index in [1.807, 2.05) is 0 Å². The lowest BCUT2D eigenvalue weighted by Crippen LogP contribution is -2.07. The van der Waals surface area contributed by atoms with Gasteiger partial charge in [0.1, 0.15) is 5.78 Å². The first-order chi connectivity index (χ1) is 8.56. The minimum Gasteiger partial charge on any atom is -0.375 e. The molecule has 0 saturated carbocycles. The first-order valence-electron chi connectivity index (χ1n) is 5.20. The first-order valence-corrected chi connectivity index (χ1v) is 6.84. The Hall–Kier alpha value is -1.10. The van der Waals surface area contributed by atoms with Crippen LogP contribution in [0, 0.1) is 0 Å². The van der Waals surface area contributed by atoms with Crippen molar-refractivity contribution >= 4 is 45.5 Å². The molecule has 6 heteroatoms. The Kier molecular flexibility index (Phi) is 4.22. The Morgan fingerprint density at radius 1 is 1.28 bits per heavy atom. The lowest BCUT2D eigenvalue weighted by atomic mass is 10.1. The van der Waals surface area contributed by atoms with Crippen LogP contribution in [0.5, 0.6) is 0 Å². The summed E-state index contributed by atoms with van der Waals surface area (Å²) < 4.78 is 0. The highest BCUT2D eigenvalue weighted by Gasteiger charge is 2.12. The van der Waals surface area contributed by atoms with Gasteiger partial charge in [-0.2, -0.15) is 0 Å². The summed E-state index contributed by atoms with van der Waals surface area (Å²) in [7, 11) is 0. The van der Waals surface area contributed by atoms with Crippen molar-refractivity contribution in [2.45, 2.75) is 12.8 Å². The van der Waals surface area contributed by atoms with Crippen molar-refractivity contribution in [3.8, 4) is 0 Å². The van der Waals surface area contributed by atoms with Crippen molar-refractivity contribution in [1.29, 1.82) is 0 Å². The number of ketones is 1. The van der Waals surface area contributed by atoms with E-state index in [-0.39, 0.29) is 18.6 Å². The third-order valence-electron chi connectivity index (χ3n) is 2.38. The molecule has 2 N–H and O–H groups in total. The minimum absolute atomic E-state index is 0.00954. The summed E-state index contributed by atoms with van der Waals surface area (Å²) in [6.07, 6.45) is 0.450. The van der Waals surface area contributed by atoms with Crippen molar-refractivity contribution in [3.63, 3.8) is 0 Å². The van der Waals surface area contributed by atoms with Gasteiger partial charge in [0, 0.05) is 28.3 Å². The van der Waals surface area contributed by atoms with Crippen LogP contribution < -0.4 is 5.73 Å². The van der Waals surface area contributed by atoms with Crippen LogP contribution in [0.4, 0.5) is 5.13 Å². The molecule has 0 spiro atoms. The summed E-state index contributed by atoms with van der Waals surface area (Å²) in [6, 6.07) is 5.19. The Morgan fingerprint density at radius 2 is 1.94 bits per heavy atom. The summed E-state index contributed by atoms with van der Waals surface area (Å²) >= 11 is 13.3. The summed E-state index contributed by atoms with van der Waals surface area (Å²) in [4.78, 5) is 15.9. The van der Waals surface area contributed by atoms with E-state index < -0.39 is 0 Å².